The number of anilines is 1. The van der Waals surface area contributed by atoms with E-state index in [1.807, 2.05) is 6.07 Å². The van der Waals surface area contributed by atoms with Crippen molar-refractivity contribution in [1.29, 1.82) is 5.26 Å². The zero-order valence-electron chi connectivity index (χ0n) is 12.5. The van der Waals surface area contributed by atoms with E-state index in [2.05, 4.69) is 5.32 Å². The van der Waals surface area contributed by atoms with Gasteiger partial charge in [0.1, 0.15) is 23.8 Å². The summed E-state index contributed by atoms with van der Waals surface area (Å²) in [5, 5.41) is 22.8. The Balaban J connectivity index is 1.92. The summed E-state index contributed by atoms with van der Waals surface area (Å²) in [7, 11) is 1.59. The highest BCUT2D eigenvalue weighted by atomic mass is 16.6. The van der Waals surface area contributed by atoms with E-state index in [4.69, 9.17) is 14.7 Å². The largest absolute Gasteiger partial charge is 0.497 e. The second kappa shape index (κ2) is 7.66. The number of nitro groups is 1. The minimum Gasteiger partial charge on any atom is -0.497 e. The number of ether oxygens (including phenoxy) is 2. The van der Waals surface area contributed by atoms with Crippen LogP contribution in [0.3, 0.4) is 0 Å². The number of benzene rings is 2. The van der Waals surface area contributed by atoms with Crippen LogP contribution in [0, 0.1) is 21.4 Å². The summed E-state index contributed by atoms with van der Waals surface area (Å²) in [5.41, 5.74) is 0.579. The molecule has 23 heavy (non-hydrogen) atoms. The molecule has 1 N–H and O–H groups in total. The van der Waals surface area contributed by atoms with Gasteiger partial charge in [0.05, 0.1) is 23.7 Å². The summed E-state index contributed by atoms with van der Waals surface area (Å²) in [6.45, 7) is 0.683. The highest BCUT2D eigenvalue weighted by molar-refractivity contribution is 5.64. The summed E-state index contributed by atoms with van der Waals surface area (Å²) in [5.74, 6) is 1.41. The maximum absolute atomic E-state index is 11.0. The fourth-order valence-electron chi connectivity index (χ4n) is 1.93. The van der Waals surface area contributed by atoms with Crippen molar-refractivity contribution >= 4 is 11.4 Å². The third-order valence-electron chi connectivity index (χ3n) is 3.07. The van der Waals surface area contributed by atoms with Crippen molar-refractivity contribution in [2.24, 2.45) is 0 Å². The lowest BCUT2D eigenvalue weighted by Crippen LogP contribution is -2.12. The van der Waals surface area contributed by atoms with Gasteiger partial charge in [0.15, 0.2) is 0 Å². The molecule has 0 saturated carbocycles. The summed E-state index contributed by atoms with van der Waals surface area (Å²) in [6.07, 6.45) is 0. The molecule has 7 nitrogen and oxygen atoms in total. The van der Waals surface area contributed by atoms with Crippen LogP contribution in [-0.4, -0.2) is 25.2 Å². The van der Waals surface area contributed by atoms with Gasteiger partial charge in [-0.15, -0.1) is 0 Å². The molecule has 0 fully saturated rings. The van der Waals surface area contributed by atoms with E-state index in [0.29, 0.717) is 30.2 Å². The van der Waals surface area contributed by atoms with E-state index >= 15 is 0 Å². The average molecular weight is 313 g/mol. The van der Waals surface area contributed by atoms with Crippen molar-refractivity contribution in [1.82, 2.24) is 0 Å². The zero-order valence-corrected chi connectivity index (χ0v) is 12.5. The number of rotatable bonds is 7. The lowest BCUT2D eigenvalue weighted by atomic mass is 10.2. The van der Waals surface area contributed by atoms with Crippen LogP contribution >= 0.6 is 0 Å². The molecule has 0 aliphatic rings. The van der Waals surface area contributed by atoms with Gasteiger partial charge in [0, 0.05) is 12.6 Å². The summed E-state index contributed by atoms with van der Waals surface area (Å²) in [4.78, 5) is 10.5. The third-order valence-corrected chi connectivity index (χ3v) is 3.07. The molecular formula is C16H15N3O4. The molecule has 0 radical (unpaired) electrons. The Hall–Kier alpha value is -3.27. The van der Waals surface area contributed by atoms with E-state index < -0.39 is 4.92 Å². The molecule has 0 spiro atoms. The molecule has 2 aromatic carbocycles. The lowest BCUT2D eigenvalue weighted by molar-refractivity contribution is -0.384. The minimum absolute atomic E-state index is 0.0755. The van der Waals surface area contributed by atoms with Gasteiger partial charge in [-0.25, -0.2) is 0 Å². The summed E-state index contributed by atoms with van der Waals surface area (Å²) >= 11 is 0. The second-order valence-electron chi connectivity index (χ2n) is 4.55. The fraction of sp³-hybridized carbons (Fsp3) is 0.188. The van der Waals surface area contributed by atoms with E-state index in [1.54, 1.807) is 31.4 Å². The highest BCUT2D eigenvalue weighted by Crippen LogP contribution is 2.25. The Bertz CT molecular complexity index is 723. The molecule has 2 rings (SSSR count). The van der Waals surface area contributed by atoms with Gasteiger partial charge < -0.3 is 14.8 Å². The Morgan fingerprint density at radius 2 is 1.91 bits per heavy atom. The predicted molar refractivity (Wildman–Crippen MR) is 84.8 cm³/mol. The summed E-state index contributed by atoms with van der Waals surface area (Å²) < 4.78 is 10.6. The number of nitrogens with zero attached hydrogens (tertiary/aromatic N) is 2. The number of nitrogens with one attached hydrogen (secondary N) is 1. The standard InChI is InChI=1S/C16H15N3O4/c1-22-13-3-5-14(6-4-13)23-9-8-18-15-10-12(11-17)2-7-16(15)19(20)21/h2-7,10,18H,8-9H2,1H3. The van der Waals surface area contributed by atoms with Crippen LogP contribution in [0.5, 0.6) is 11.5 Å². The second-order valence-corrected chi connectivity index (χ2v) is 4.55. The van der Waals surface area contributed by atoms with Crippen molar-refractivity contribution in [3.63, 3.8) is 0 Å². The van der Waals surface area contributed by atoms with Crippen LogP contribution in [0.15, 0.2) is 42.5 Å². The van der Waals surface area contributed by atoms with Crippen LogP contribution < -0.4 is 14.8 Å². The normalized spacial score (nSPS) is 9.74. The maximum Gasteiger partial charge on any atom is 0.292 e. The fourth-order valence-corrected chi connectivity index (χ4v) is 1.93. The minimum atomic E-state index is -0.492. The molecule has 0 aromatic heterocycles. The Morgan fingerprint density at radius 3 is 2.52 bits per heavy atom. The van der Waals surface area contributed by atoms with Gasteiger partial charge in [-0.3, -0.25) is 10.1 Å². The van der Waals surface area contributed by atoms with Gasteiger partial charge in [-0.05, 0) is 36.4 Å². The van der Waals surface area contributed by atoms with Crippen LogP contribution in [-0.2, 0) is 0 Å². The van der Waals surface area contributed by atoms with Gasteiger partial charge in [-0.2, -0.15) is 5.26 Å². The molecule has 0 amide bonds. The first kappa shape index (κ1) is 16.1. The van der Waals surface area contributed by atoms with E-state index in [0.717, 1.165) is 5.75 Å². The Morgan fingerprint density at radius 1 is 1.22 bits per heavy atom. The molecule has 0 bridgehead atoms. The van der Waals surface area contributed by atoms with Crippen molar-refractivity contribution in [3.05, 3.63) is 58.1 Å². The van der Waals surface area contributed by atoms with Gasteiger partial charge in [0.2, 0.25) is 0 Å². The van der Waals surface area contributed by atoms with Crippen molar-refractivity contribution < 1.29 is 14.4 Å². The van der Waals surface area contributed by atoms with E-state index in [1.165, 1.54) is 18.2 Å². The van der Waals surface area contributed by atoms with Crippen LogP contribution in [0.1, 0.15) is 5.56 Å². The summed E-state index contributed by atoms with van der Waals surface area (Å²) in [6, 6.07) is 13.2. The quantitative estimate of drug-likeness (QED) is 0.479. The van der Waals surface area contributed by atoms with Crippen molar-refractivity contribution in [2.75, 3.05) is 25.6 Å². The lowest BCUT2D eigenvalue weighted by Gasteiger charge is -2.09. The Kier molecular flexibility index (Phi) is 5.36. The van der Waals surface area contributed by atoms with E-state index in [9.17, 15) is 10.1 Å². The van der Waals surface area contributed by atoms with Crippen molar-refractivity contribution in [3.8, 4) is 17.6 Å². The Labute approximate surface area is 133 Å². The monoisotopic (exact) mass is 313 g/mol. The van der Waals surface area contributed by atoms with Gasteiger partial charge >= 0.3 is 0 Å². The molecule has 0 unspecified atom stereocenters. The molecule has 2 aromatic rings. The molecule has 0 aliphatic carbocycles. The number of hydrogen-bond donors (Lipinski definition) is 1. The first-order chi connectivity index (χ1) is 11.1. The van der Waals surface area contributed by atoms with Crippen LogP contribution in [0.4, 0.5) is 11.4 Å². The SMILES string of the molecule is COc1ccc(OCCNc2cc(C#N)ccc2[N+](=O)[O-])cc1. The topological polar surface area (TPSA) is 97.4 Å². The zero-order chi connectivity index (χ0) is 16.7. The molecule has 0 atom stereocenters. The van der Waals surface area contributed by atoms with Crippen molar-refractivity contribution in [2.45, 2.75) is 0 Å². The van der Waals surface area contributed by atoms with Crippen LogP contribution in [0.25, 0.3) is 0 Å². The smallest absolute Gasteiger partial charge is 0.292 e. The number of nitro benzene ring substituents is 1. The molecule has 0 aliphatic heterocycles. The number of hydrogen-bond acceptors (Lipinski definition) is 6. The molecular weight excluding hydrogens is 298 g/mol. The van der Waals surface area contributed by atoms with E-state index in [-0.39, 0.29) is 5.69 Å². The third kappa shape index (κ3) is 4.35. The highest BCUT2D eigenvalue weighted by Gasteiger charge is 2.13. The first-order valence-electron chi connectivity index (χ1n) is 6.83. The number of methoxy groups -OCH3 is 1. The molecule has 0 heterocycles. The average Bonchev–Trinajstić information content (AvgIpc) is 2.58. The molecule has 0 saturated heterocycles. The number of nitriles is 1. The van der Waals surface area contributed by atoms with Gasteiger partial charge in [0.25, 0.3) is 5.69 Å². The first-order valence-corrected chi connectivity index (χ1v) is 6.83. The maximum atomic E-state index is 11.0. The molecule has 118 valence electrons. The van der Waals surface area contributed by atoms with Gasteiger partial charge in [-0.1, -0.05) is 0 Å². The molecule has 7 heteroatoms. The van der Waals surface area contributed by atoms with Crippen LogP contribution in [0.2, 0.25) is 0 Å². The predicted octanol–water partition coefficient (Wildman–Crippen LogP) is 2.97.